The molecule has 0 aliphatic carbocycles. The van der Waals surface area contributed by atoms with E-state index in [-0.39, 0.29) is 5.92 Å². The average Bonchev–Trinajstić information content (AvgIpc) is 2.55. The summed E-state index contributed by atoms with van der Waals surface area (Å²) >= 11 is 0. The molecule has 0 saturated heterocycles. The highest BCUT2D eigenvalue weighted by molar-refractivity contribution is 5.93. The van der Waals surface area contributed by atoms with Crippen LogP contribution in [-0.2, 0) is 19.2 Å². The summed E-state index contributed by atoms with van der Waals surface area (Å²) in [6, 6.07) is -2.55. The minimum Gasteiger partial charge on any atom is -0.480 e. The predicted molar refractivity (Wildman–Crippen MR) is 95.9 cm³/mol. The zero-order chi connectivity index (χ0) is 20.3. The van der Waals surface area contributed by atoms with E-state index in [1.165, 1.54) is 6.92 Å². The average molecular weight is 373 g/mol. The fraction of sp³-hybridized carbons (Fsp3) is 0.750. The molecule has 0 bridgehead atoms. The molecule has 150 valence electrons. The van der Waals surface area contributed by atoms with Crippen LogP contribution in [0.3, 0.4) is 0 Å². The van der Waals surface area contributed by atoms with E-state index in [0.29, 0.717) is 25.8 Å². The number of carbonyl (C=O) groups is 4. The molecule has 0 saturated carbocycles. The van der Waals surface area contributed by atoms with Crippen molar-refractivity contribution in [3.8, 4) is 0 Å². The second kappa shape index (κ2) is 12.2. The third-order valence-corrected chi connectivity index (χ3v) is 3.65. The van der Waals surface area contributed by atoms with Crippen LogP contribution in [0.1, 0.15) is 40.0 Å². The summed E-state index contributed by atoms with van der Waals surface area (Å²) in [4.78, 5) is 47.1. The fourth-order valence-electron chi connectivity index (χ4n) is 2.13. The molecule has 0 aliphatic heterocycles. The standard InChI is InChI=1S/C16H31N5O5/c1-9(2)13(21-14(24)10(3)18)16(26)20-11(6-4-5-7-17)15(25)19-8-12(22)23/h9-11,13H,4-8,17-18H2,1-3H3,(H,19,25)(H,20,26)(H,21,24)(H,22,23)/t10-,11-,13-/m0/s1. The van der Waals surface area contributed by atoms with Crippen LogP contribution in [0.15, 0.2) is 0 Å². The molecule has 0 fully saturated rings. The monoisotopic (exact) mass is 373 g/mol. The maximum Gasteiger partial charge on any atom is 0.322 e. The molecular weight excluding hydrogens is 342 g/mol. The Labute approximate surface area is 153 Å². The summed E-state index contributed by atoms with van der Waals surface area (Å²) in [5.74, 6) is -3.02. The lowest BCUT2D eigenvalue weighted by molar-refractivity contribution is -0.138. The minimum absolute atomic E-state index is 0.232. The van der Waals surface area contributed by atoms with E-state index in [0.717, 1.165) is 0 Å². The zero-order valence-electron chi connectivity index (χ0n) is 15.6. The van der Waals surface area contributed by atoms with Gasteiger partial charge < -0.3 is 32.5 Å². The summed E-state index contributed by atoms with van der Waals surface area (Å²) in [6.07, 6.45) is 1.55. The highest BCUT2D eigenvalue weighted by atomic mass is 16.4. The Balaban J connectivity index is 5.05. The molecule has 3 atom stereocenters. The Bertz CT molecular complexity index is 495. The predicted octanol–water partition coefficient (Wildman–Crippen LogP) is -1.71. The number of carboxylic acids is 1. The van der Waals surface area contributed by atoms with Crippen LogP contribution in [0.4, 0.5) is 0 Å². The van der Waals surface area contributed by atoms with Crippen molar-refractivity contribution in [2.45, 2.75) is 58.2 Å². The Morgan fingerprint density at radius 1 is 0.962 bits per heavy atom. The van der Waals surface area contributed by atoms with Crippen LogP contribution < -0.4 is 27.4 Å². The first kappa shape index (κ1) is 23.8. The van der Waals surface area contributed by atoms with Crippen molar-refractivity contribution in [3.05, 3.63) is 0 Å². The smallest absolute Gasteiger partial charge is 0.322 e. The van der Waals surface area contributed by atoms with Gasteiger partial charge >= 0.3 is 5.97 Å². The van der Waals surface area contributed by atoms with Gasteiger partial charge in [-0.3, -0.25) is 19.2 Å². The lowest BCUT2D eigenvalue weighted by Crippen LogP contribution is -2.57. The first-order valence-electron chi connectivity index (χ1n) is 8.66. The first-order valence-corrected chi connectivity index (χ1v) is 8.66. The van der Waals surface area contributed by atoms with Crippen molar-refractivity contribution in [3.63, 3.8) is 0 Å². The lowest BCUT2D eigenvalue weighted by Gasteiger charge is -2.25. The van der Waals surface area contributed by atoms with Crippen molar-refractivity contribution in [2.75, 3.05) is 13.1 Å². The summed E-state index contributed by atoms with van der Waals surface area (Å²) in [7, 11) is 0. The molecule has 0 radical (unpaired) electrons. The van der Waals surface area contributed by atoms with Crippen LogP contribution in [-0.4, -0.2) is 60.0 Å². The summed E-state index contributed by atoms with van der Waals surface area (Å²) in [5.41, 5.74) is 10.9. The minimum atomic E-state index is -1.19. The van der Waals surface area contributed by atoms with Crippen molar-refractivity contribution in [1.29, 1.82) is 0 Å². The summed E-state index contributed by atoms with van der Waals surface area (Å²) in [5, 5.41) is 16.1. The number of nitrogens with one attached hydrogen (secondary N) is 3. The second-order valence-electron chi connectivity index (χ2n) is 6.48. The van der Waals surface area contributed by atoms with Crippen molar-refractivity contribution in [2.24, 2.45) is 17.4 Å². The number of hydrogen-bond donors (Lipinski definition) is 6. The van der Waals surface area contributed by atoms with Gasteiger partial charge in [0, 0.05) is 0 Å². The molecule has 0 rings (SSSR count). The number of rotatable bonds is 12. The number of hydrogen-bond acceptors (Lipinski definition) is 6. The van der Waals surface area contributed by atoms with Crippen molar-refractivity contribution >= 4 is 23.7 Å². The van der Waals surface area contributed by atoms with Gasteiger partial charge in [0.05, 0.1) is 6.04 Å². The van der Waals surface area contributed by atoms with Gasteiger partial charge in [0.15, 0.2) is 0 Å². The van der Waals surface area contributed by atoms with Crippen LogP contribution in [0.25, 0.3) is 0 Å². The molecule has 3 amide bonds. The van der Waals surface area contributed by atoms with E-state index in [1.807, 2.05) is 0 Å². The number of amides is 3. The topological polar surface area (TPSA) is 177 Å². The molecule has 0 heterocycles. The molecule has 0 aromatic carbocycles. The summed E-state index contributed by atoms with van der Waals surface area (Å²) in [6.45, 7) is 4.90. The zero-order valence-corrected chi connectivity index (χ0v) is 15.6. The van der Waals surface area contributed by atoms with Crippen LogP contribution in [0, 0.1) is 5.92 Å². The SMILES string of the molecule is CC(C)[C@H](NC(=O)[C@H](C)N)C(=O)N[C@@H](CCCCN)C(=O)NCC(=O)O. The third kappa shape index (κ3) is 9.33. The van der Waals surface area contributed by atoms with Crippen molar-refractivity contribution < 1.29 is 24.3 Å². The number of carbonyl (C=O) groups excluding carboxylic acids is 3. The van der Waals surface area contributed by atoms with Gasteiger partial charge in [0.25, 0.3) is 0 Å². The van der Waals surface area contributed by atoms with Crippen molar-refractivity contribution in [1.82, 2.24) is 16.0 Å². The van der Waals surface area contributed by atoms with Crippen LogP contribution in [0.5, 0.6) is 0 Å². The van der Waals surface area contributed by atoms with E-state index in [2.05, 4.69) is 16.0 Å². The molecule has 8 N–H and O–H groups in total. The van der Waals surface area contributed by atoms with E-state index in [9.17, 15) is 19.2 Å². The largest absolute Gasteiger partial charge is 0.480 e. The maximum atomic E-state index is 12.5. The normalized spacial score (nSPS) is 14.2. The Hall–Kier alpha value is -2.20. The Kier molecular flexibility index (Phi) is 11.2. The quantitative estimate of drug-likeness (QED) is 0.221. The number of carboxylic acid groups (broad SMARTS) is 1. The van der Waals surface area contributed by atoms with Gasteiger partial charge in [-0.1, -0.05) is 13.8 Å². The van der Waals surface area contributed by atoms with E-state index in [1.54, 1.807) is 13.8 Å². The van der Waals surface area contributed by atoms with Gasteiger partial charge in [0.2, 0.25) is 17.7 Å². The molecule has 0 spiro atoms. The number of nitrogens with two attached hydrogens (primary N) is 2. The van der Waals surface area contributed by atoms with Crippen LogP contribution >= 0.6 is 0 Å². The van der Waals surface area contributed by atoms with Gasteiger partial charge in [-0.25, -0.2) is 0 Å². The molecular formula is C16H31N5O5. The molecule has 0 aromatic rings. The lowest BCUT2D eigenvalue weighted by atomic mass is 10.0. The molecule has 0 aliphatic rings. The second-order valence-corrected chi connectivity index (χ2v) is 6.48. The fourth-order valence-corrected chi connectivity index (χ4v) is 2.13. The van der Waals surface area contributed by atoms with E-state index < -0.39 is 48.4 Å². The summed E-state index contributed by atoms with van der Waals surface area (Å²) < 4.78 is 0. The molecule has 10 heteroatoms. The third-order valence-electron chi connectivity index (χ3n) is 3.65. The molecule has 0 aromatic heterocycles. The Morgan fingerprint density at radius 3 is 2.04 bits per heavy atom. The molecule has 10 nitrogen and oxygen atoms in total. The molecule has 26 heavy (non-hydrogen) atoms. The van der Waals surface area contributed by atoms with Gasteiger partial charge in [-0.2, -0.15) is 0 Å². The first-order chi connectivity index (χ1) is 12.1. The number of unbranched alkanes of at least 4 members (excludes halogenated alkanes) is 1. The highest BCUT2D eigenvalue weighted by Gasteiger charge is 2.29. The maximum absolute atomic E-state index is 12.5. The van der Waals surface area contributed by atoms with E-state index >= 15 is 0 Å². The molecule has 0 unspecified atom stereocenters. The van der Waals surface area contributed by atoms with Gasteiger partial charge in [-0.05, 0) is 38.6 Å². The van der Waals surface area contributed by atoms with Crippen LogP contribution in [0.2, 0.25) is 0 Å². The highest BCUT2D eigenvalue weighted by Crippen LogP contribution is 2.06. The van der Waals surface area contributed by atoms with Gasteiger partial charge in [-0.15, -0.1) is 0 Å². The van der Waals surface area contributed by atoms with E-state index in [4.69, 9.17) is 16.6 Å². The number of aliphatic carboxylic acids is 1. The Morgan fingerprint density at radius 2 is 1.58 bits per heavy atom. The van der Waals surface area contributed by atoms with Gasteiger partial charge in [0.1, 0.15) is 18.6 Å².